The number of fused-ring (bicyclic) bond motifs is 1. The van der Waals surface area contributed by atoms with Gasteiger partial charge in [0.15, 0.2) is 11.5 Å². The van der Waals surface area contributed by atoms with Gasteiger partial charge in [-0.2, -0.15) is 0 Å². The zero-order valence-electron chi connectivity index (χ0n) is 21.2. The van der Waals surface area contributed by atoms with Crippen molar-refractivity contribution in [2.45, 2.75) is 51.8 Å². The van der Waals surface area contributed by atoms with Gasteiger partial charge in [-0.25, -0.2) is 24.6 Å². The molecule has 1 aromatic carbocycles. The van der Waals surface area contributed by atoms with E-state index in [9.17, 15) is 14.3 Å². The van der Waals surface area contributed by atoms with Gasteiger partial charge in [-0.05, 0) is 46.2 Å². The van der Waals surface area contributed by atoms with Gasteiger partial charge >= 0.3 is 7.75 Å². The normalized spacial score (nSPS) is 20.0. The van der Waals surface area contributed by atoms with Crippen LogP contribution < -0.4 is 15.9 Å². The third kappa shape index (κ3) is 6.53. The molecule has 4 rings (SSSR count). The van der Waals surface area contributed by atoms with E-state index in [1.807, 2.05) is 55.7 Å². The van der Waals surface area contributed by atoms with Gasteiger partial charge < -0.3 is 15.2 Å². The number of anilines is 2. The minimum atomic E-state index is -4.43. The molecule has 198 valence electrons. The Hall–Kier alpha value is -3.31. The summed E-state index contributed by atoms with van der Waals surface area (Å²) in [4.78, 5) is 41.8. The Morgan fingerprint density at radius 3 is 2.70 bits per heavy atom. The molecule has 0 aliphatic heterocycles. The second kappa shape index (κ2) is 10.6. The molecule has 4 N–H and O–H groups in total. The van der Waals surface area contributed by atoms with Crippen molar-refractivity contribution in [1.29, 1.82) is 0 Å². The van der Waals surface area contributed by atoms with Crippen LogP contribution in [0.4, 0.5) is 11.5 Å². The maximum atomic E-state index is 12.9. The first-order chi connectivity index (χ1) is 17.4. The van der Waals surface area contributed by atoms with E-state index in [2.05, 4.69) is 20.0 Å². The Balaban J connectivity index is 1.35. The molecule has 0 radical (unpaired) electrons. The summed E-state index contributed by atoms with van der Waals surface area (Å²) >= 11 is 0. The molecule has 1 aliphatic rings. The van der Waals surface area contributed by atoms with E-state index in [-0.39, 0.29) is 18.6 Å². The zero-order chi connectivity index (χ0) is 26.8. The number of hydrogen-bond donors (Lipinski definition) is 3. The van der Waals surface area contributed by atoms with E-state index in [1.165, 1.54) is 11.4 Å². The van der Waals surface area contributed by atoms with Crippen LogP contribution in [0.1, 0.15) is 40.2 Å². The van der Waals surface area contributed by atoms with Crippen LogP contribution in [0.15, 0.2) is 55.1 Å². The topological polar surface area (TPSA) is 158 Å². The number of rotatable bonds is 9. The molecule has 4 atom stereocenters. The highest BCUT2D eigenvalue weighted by atomic mass is 31.2. The summed E-state index contributed by atoms with van der Waals surface area (Å²) in [5, 5.41) is 3.57. The largest absolute Gasteiger partial charge is 0.432 e. The van der Waals surface area contributed by atoms with Crippen LogP contribution in [0, 0.1) is 5.92 Å². The molecule has 0 saturated heterocycles. The van der Waals surface area contributed by atoms with Crippen molar-refractivity contribution in [2.75, 3.05) is 17.4 Å². The number of para-hydroxylation sites is 1. The number of nitrogens with two attached hydrogens (primary N) is 1. The van der Waals surface area contributed by atoms with Gasteiger partial charge in [0.2, 0.25) is 0 Å². The first kappa shape index (κ1) is 26.7. The molecule has 1 aliphatic carbocycles. The summed E-state index contributed by atoms with van der Waals surface area (Å²) in [7, 11) is -4.43. The molecular weight excluding hydrogens is 497 g/mol. The van der Waals surface area contributed by atoms with Crippen LogP contribution in [-0.2, 0) is 18.7 Å². The van der Waals surface area contributed by atoms with Crippen LogP contribution in [0.25, 0.3) is 11.2 Å². The van der Waals surface area contributed by atoms with Gasteiger partial charge in [-0.15, -0.1) is 0 Å². The Morgan fingerprint density at radius 1 is 1.27 bits per heavy atom. The molecule has 3 aromatic rings. The highest BCUT2D eigenvalue weighted by Gasteiger charge is 2.33. The number of hydrogen-bond acceptors (Lipinski definition) is 9. The van der Waals surface area contributed by atoms with Crippen molar-refractivity contribution >= 4 is 36.3 Å². The molecule has 0 spiro atoms. The Labute approximate surface area is 215 Å². The molecule has 1 amide bonds. The molecule has 0 bridgehead atoms. The number of aromatic nitrogens is 4. The van der Waals surface area contributed by atoms with Crippen LogP contribution >= 0.6 is 7.75 Å². The van der Waals surface area contributed by atoms with E-state index >= 15 is 0 Å². The average Bonchev–Trinajstić information content (AvgIpc) is 3.48. The molecule has 2 aromatic heterocycles. The molecule has 1 unspecified atom stereocenters. The SMILES string of the molecule is C[C@@H](C(=O)NP(=O)(O)OC[C@H]1C=C[C@@H](n2cnc3c(N)ncnc32)C1)N(OC(C)(C)C)c1ccccc1. The highest BCUT2D eigenvalue weighted by molar-refractivity contribution is 7.51. The summed E-state index contributed by atoms with van der Waals surface area (Å²) in [5.41, 5.74) is 7.03. The lowest BCUT2D eigenvalue weighted by molar-refractivity contribution is -0.124. The summed E-state index contributed by atoms with van der Waals surface area (Å²) in [5.74, 6) is -0.557. The number of allylic oxidation sites excluding steroid dienone is 1. The second-order valence-electron chi connectivity index (χ2n) is 9.86. The quantitative estimate of drug-likeness (QED) is 0.213. The van der Waals surface area contributed by atoms with Crippen molar-refractivity contribution in [1.82, 2.24) is 24.6 Å². The van der Waals surface area contributed by atoms with Crippen LogP contribution in [0.3, 0.4) is 0 Å². The van der Waals surface area contributed by atoms with Gasteiger partial charge in [0.1, 0.15) is 17.9 Å². The van der Waals surface area contributed by atoms with Crippen molar-refractivity contribution in [2.24, 2.45) is 5.92 Å². The van der Waals surface area contributed by atoms with E-state index < -0.39 is 25.3 Å². The van der Waals surface area contributed by atoms with Gasteiger partial charge in [0.05, 0.1) is 30.3 Å². The number of nitrogens with zero attached hydrogens (tertiary/aromatic N) is 5. The van der Waals surface area contributed by atoms with Crippen molar-refractivity contribution in [3.63, 3.8) is 0 Å². The van der Waals surface area contributed by atoms with Crippen molar-refractivity contribution in [3.8, 4) is 0 Å². The smallest absolute Gasteiger partial charge is 0.382 e. The molecule has 2 heterocycles. The zero-order valence-corrected chi connectivity index (χ0v) is 22.1. The van der Waals surface area contributed by atoms with Gasteiger partial charge in [-0.3, -0.25) is 19.2 Å². The fraction of sp³-hybridized carbons (Fsp3) is 0.417. The Kier molecular flexibility index (Phi) is 7.65. The lowest BCUT2D eigenvalue weighted by Crippen LogP contribution is -2.47. The van der Waals surface area contributed by atoms with E-state index in [0.29, 0.717) is 29.1 Å². The van der Waals surface area contributed by atoms with Crippen molar-refractivity contribution < 1.29 is 23.6 Å². The maximum Gasteiger partial charge on any atom is 0.432 e. The minimum absolute atomic E-state index is 0.0555. The Morgan fingerprint density at radius 2 is 2.00 bits per heavy atom. The molecule has 0 fully saturated rings. The average molecular weight is 530 g/mol. The standard InChI is InChI=1S/C24H32N7O5P/c1-16(31(36-24(2,3)4)18-8-6-5-7-9-18)23(32)29-37(33,34)35-13-17-10-11-19(12-17)30-15-28-20-21(25)26-14-27-22(20)30/h5-11,14-17,19H,12-13H2,1-4H3,(H2,25,26,27)(H2,29,32,33,34)/t16-,17-,19+/m0/s1. The summed E-state index contributed by atoms with van der Waals surface area (Å²) in [6.07, 6.45) is 7.48. The first-order valence-corrected chi connectivity index (χ1v) is 13.5. The third-order valence-corrected chi connectivity index (χ3v) is 6.73. The van der Waals surface area contributed by atoms with Gasteiger partial charge in [-0.1, -0.05) is 30.4 Å². The number of amides is 1. The summed E-state index contributed by atoms with van der Waals surface area (Å²) in [6, 6.07) is 8.07. The lowest BCUT2D eigenvalue weighted by Gasteiger charge is -2.35. The van der Waals surface area contributed by atoms with Crippen LogP contribution in [-0.4, -0.2) is 48.6 Å². The molecule has 37 heavy (non-hydrogen) atoms. The number of imidazole rings is 1. The molecule has 12 nitrogen and oxygen atoms in total. The highest BCUT2D eigenvalue weighted by Crippen LogP contribution is 2.40. The third-order valence-electron chi connectivity index (χ3n) is 5.72. The first-order valence-electron chi connectivity index (χ1n) is 11.9. The fourth-order valence-corrected chi connectivity index (χ4v) is 4.91. The van der Waals surface area contributed by atoms with Gasteiger partial charge in [0.25, 0.3) is 5.91 Å². The van der Waals surface area contributed by atoms with Crippen LogP contribution in [0.2, 0.25) is 0 Å². The summed E-state index contributed by atoms with van der Waals surface area (Å²) < 4.78 is 19.9. The molecular formula is C24H32N7O5P. The van der Waals surface area contributed by atoms with E-state index in [0.717, 1.165) is 0 Å². The minimum Gasteiger partial charge on any atom is -0.382 e. The predicted octanol–water partition coefficient (Wildman–Crippen LogP) is 3.38. The number of benzene rings is 1. The number of carbonyl (C=O) groups excluding carboxylic acids is 1. The summed E-state index contributed by atoms with van der Waals surface area (Å²) in [6.45, 7) is 7.09. The van der Waals surface area contributed by atoms with E-state index in [4.69, 9.17) is 15.1 Å². The molecule has 0 saturated carbocycles. The monoisotopic (exact) mass is 529 g/mol. The number of nitrogen functional groups attached to an aromatic ring is 1. The van der Waals surface area contributed by atoms with Crippen molar-refractivity contribution in [3.05, 3.63) is 55.1 Å². The second-order valence-corrected chi connectivity index (χ2v) is 11.4. The predicted molar refractivity (Wildman–Crippen MR) is 139 cm³/mol. The number of hydroxylamine groups is 1. The fourth-order valence-electron chi connectivity index (χ4n) is 3.99. The number of carbonyl (C=O) groups is 1. The van der Waals surface area contributed by atoms with Gasteiger partial charge in [0, 0.05) is 5.92 Å². The Bertz CT molecular complexity index is 1320. The molecule has 13 heteroatoms. The van der Waals surface area contributed by atoms with Crippen LogP contribution in [0.5, 0.6) is 0 Å². The number of nitrogens with one attached hydrogen (secondary N) is 1. The van der Waals surface area contributed by atoms with E-state index in [1.54, 1.807) is 25.4 Å². The maximum absolute atomic E-state index is 12.9. The lowest BCUT2D eigenvalue weighted by atomic mass is 10.1.